The van der Waals surface area contributed by atoms with Gasteiger partial charge in [0.25, 0.3) is 0 Å². The highest BCUT2D eigenvalue weighted by Gasteiger charge is 2.35. The average Bonchev–Trinajstić information content (AvgIpc) is 2.31. The Kier molecular flexibility index (Phi) is 3.01. The summed E-state index contributed by atoms with van der Waals surface area (Å²) in [4.78, 5) is 0. The molecule has 0 bridgehead atoms. The maximum Gasteiger partial charge on any atom is 0.245 e. The van der Waals surface area contributed by atoms with Gasteiger partial charge in [-0.25, -0.2) is 8.78 Å². The van der Waals surface area contributed by atoms with Gasteiger partial charge in [-0.2, -0.15) is 0 Å². The van der Waals surface area contributed by atoms with Crippen LogP contribution in [-0.4, -0.2) is 30.8 Å². The van der Waals surface area contributed by atoms with E-state index in [1.54, 1.807) is 0 Å². The SMILES string of the molecule is CC(F)(F)CC1COCC1CO. The highest BCUT2D eigenvalue weighted by molar-refractivity contribution is 4.78. The van der Waals surface area contributed by atoms with E-state index in [1.807, 2.05) is 0 Å². The van der Waals surface area contributed by atoms with Crippen molar-refractivity contribution in [1.29, 1.82) is 0 Å². The van der Waals surface area contributed by atoms with Crippen molar-refractivity contribution in [2.24, 2.45) is 11.8 Å². The third kappa shape index (κ3) is 2.68. The van der Waals surface area contributed by atoms with Crippen LogP contribution in [0, 0.1) is 11.8 Å². The molecule has 72 valence electrons. The summed E-state index contributed by atoms with van der Waals surface area (Å²) in [5.41, 5.74) is 0. The molecule has 0 aromatic rings. The van der Waals surface area contributed by atoms with Crippen LogP contribution in [0.2, 0.25) is 0 Å². The largest absolute Gasteiger partial charge is 0.396 e. The summed E-state index contributed by atoms with van der Waals surface area (Å²) in [6, 6.07) is 0. The molecule has 2 nitrogen and oxygen atoms in total. The standard InChI is InChI=1S/C8H14F2O2/c1-8(9,10)2-6-4-12-5-7(6)3-11/h6-7,11H,2-5H2,1H3. The molecule has 1 N–H and O–H groups in total. The Hall–Kier alpha value is -0.220. The maximum absolute atomic E-state index is 12.5. The molecule has 1 aliphatic rings. The third-order valence-corrected chi connectivity index (χ3v) is 2.19. The lowest BCUT2D eigenvalue weighted by atomic mass is 9.91. The van der Waals surface area contributed by atoms with Gasteiger partial charge in [0.05, 0.1) is 13.2 Å². The molecule has 12 heavy (non-hydrogen) atoms. The summed E-state index contributed by atoms with van der Waals surface area (Å²) in [5, 5.41) is 8.81. The number of hydrogen-bond donors (Lipinski definition) is 1. The molecule has 0 aliphatic carbocycles. The fraction of sp³-hybridized carbons (Fsp3) is 1.00. The highest BCUT2D eigenvalue weighted by Crippen LogP contribution is 2.31. The zero-order chi connectivity index (χ0) is 9.19. The summed E-state index contributed by atoms with van der Waals surface area (Å²) in [6.07, 6.45) is -0.182. The molecule has 1 rings (SSSR count). The lowest BCUT2D eigenvalue weighted by Gasteiger charge is -2.18. The summed E-state index contributed by atoms with van der Waals surface area (Å²) >= 11 is 0. The van der Waals surface area contributed by atoms with Crippen molar-refractivity contribution in [3.05, 3.63) is 0 Å². The Morgan fingerprint density at radius 2 is 2.00 bits per heavy atom. The van der Waals surface area contributed by atoms with Crippen LogP contribution >= 0.6 is 0 Å². The number of alkyl halides is 2. The predicted molar refractivity (Wildman–Crippen MR) is 40.1 cm³/mol. The van der Waals surface area contributed by atoms with Gasteiger partial charge < -0.3 is 9.84 Å². The van der Waals surface area contributed by atoms with Crippen LogP contribution in [0.15, 0.2) is 0 Å². The van der Waals surface area contributed by atoms with Crippen molar-refractivity contribution in [3.63, 3.8) is 0 Å². The van der Waals surface area contributed by atoms with Gasteiger partial charge in [-0.1, -0.05) is 0 Å². The molecule has 2 unspecified atom stereocenters. The van der Waals surface area contributed by atoms with Gasteiger partial charge in [-0.05, 0) is 12.8 Å². The molecular formula is C8H14F2O2. The molecule has 0 aromatic carbocycles. The number of halogens is 2. The second kappa shape index (κ2) is 3.66. The first-order valence-electron chi connectivity index (χ1n) is 4.09. The van der Waals surface area contributed by atoms with Crippen LogP contribution < -0.4 is 0 Å². The summed E-state index contributed by atoms with van der Waals surface area (Å²) < 4.78 is 30.1. The Morgan fingerprint density at radius 3 is 2.50 bits per heavy atom. The van der Waals surface area contributed by atoms with Crippen molar-refractivity contribution in [2.45, 2.75) is 19.3 Å². The van der Waals surface area contributed by atoms with Crippen LogP contribution in [0.1, 0.15) is 13.3 Å². The minimum absolute atomic E-state index is 0.0548. The van der Waals surface area contributed by atoms with Crippen molar-refractivity contribution in [1.82, 2.24) is 0 Å². The smallest absolute Gasteiger partial charge is 0.245 e. The quantitative estimate of drug-likeness (QED) is 0.709. The molecule has 4 heteroatoms. The summed E-state index contributed by atoms with van der Waals surface area (Å²) in [6.45, 7) is 1.62. The van der Waals surface area contributed by atoms with Crippen molar-refractivity contribution in [2.75, 3.05) is 19.8 Å². The molecule has 2 atom stereocenters. The van der Waals surface area contributed by atoms with Gasteiger partial charge in [0, 0.05) is 18.9 Å². The number of hydrogen-bond acceptors (Lipinski definition) is 2. The molecule has 1 fully saturated rings. The van der Waals surface area contributed by atoms with Crippen LogP contribution in [0.5, 0.6) is 0 Å². The lowest BCUT2D eigenvalue weighted by Crippen LogP contribution is -2.24. The molecule has 0 radical (unpaired) electrons. The van der Waals surface area contributed by atoms with E-state index in [4.69, 9.17) is 9.84 Å². The summed E-state index contributed by atoms with van der Waals surface area (Å²) in [5.74, 6) is -2.93. The maximum atomic E-state index is 12.5. The Bertz CT molecular complexity index is 144. The van der Waals surface area contributed by atoms with E-state index >= 15 is 0 Å². The van der Waals surface area contributed by atoms with Crippen molar-refractivity contribution < 1.29 is 18.6 Å². The first-order valence-corrected chi connectivity index (χ1v) is 4.09. The average molecular weight is 180 g/mol. The first kappa shape index (κ1) is 9.86. The molecule has 1 aliphatic heterocycles. The normalized spacial score (nSPS) is 31.0. The van der Waals surface area contributed by atoms with Crippen LogP contribution in [-0.2, 0) is 4.74 Å². The van der Waals surface area contributed by atoms with E-state index in [0.29, 0.717) is 13.2 Å². The fourth-order valence-electron chi connectivity index (χ4n) is 1.53. The van der Waals surface area contributed by atoms with Gasteiger partial charge in [-0.15, -0.1) is 0 Å². The molecular weight excluding hydrogens is 166 g/mol. The number of aliphatic hydroxyl groups is 1. The van der Waals surface area contributed by atoms with Gasteiger partial charge in [0.2, 0.25) is 5.92 Å². The topological polar surface area (TPSA) is 29.5 Å². The van der Waals surface area contributed by atoms with Crippen LogP contribution in [0.3, 0.4) is 0 Å². The minimum atomic E-state index is -2.65. The molecule has 0 saturated carbocycles. The van der Waals surface area contributed by atoms with Gasteiger partial charge in [0.15, 0.2) is 0 Å². The summed E-state index contributed by atoms with van der Waals surface area (Å²) in [7, 11) is 0. The Balaban J connectivity index is 2.41. The van der Waals surface area contributed by atoms with Crippen molar-refractivity contribution >= 4 is 0 Å². The van der Waals surface area contributed by atoms with Crippen LogP contribution in [0.25, 0.3) is 0 Å². The monoisotopic (exact) mass is 180 g/mol. The van der Waals surface area contributed by atoms with Gasteiger partial charge in [-0.3, -0.25) is 0 Å². The van der Waals surface area contributed by atoms with Crippen molar-refractivity contribution in [3.8, 4) is 0 Å². The van der Waals surface area contributed by atoms with E-state index in [1.165, 1.54) is 0 Å². The fourth-order valence-corrected chi connectivity index (χ4v) is 1.53. The van der Waals surface area contributed by atoms with E-state index in [-0.39, 0.29) is 24.9 Å². The number of ether oxygens (including phenoxy) is 1. The third-order valence-electron chi connectivity index (χ3n) is 2.19. The molecule has 0 amide bonds. The molecule has 1 heterocycles. The Morgan fingerprint density at radius 1 is 1.42 bits per heavy atom. The van der Waals surface area contributed by atoms with Gasteiger partial charge >= 0.3 is 0 Å². The van der Waals surface area contributed by atoms with Gasteiger partial charge in [0.1, 0.15) is 0 Å². The van der Waals surface area contributed by atoms with E-state index in [2.05, 4.69) is 0 Å². The minimum Gasteiger partial charge on any atom is -0.396 e. The molecule has 0 spiro atoms. The molecule has 0 aromatic heterocycles. The lowest BCUT2D eigenvalue weighted by molar-refractivity contribution is -0.0116. The predicted octanol–water partition coefficient (Wildman–Crippen LogP) is 1.29. The molecule has 1 saturated heterocycles. The van der Waals surface area contributed by atoms with E-state index in [0.717, 1.165) is 6.92 Å². The Labute approximate surface area is 70.5 Å². The second-order valence-electron chi connectivity index (χ2n) is 3.51. The number of aliphatic hydroxyl groups excluding tert-OH is 1. The number of rotatable bonds is 3. The second-order valence-corrected chi connectivity index (χ2v) is 3.51. The van der Waals surface area contributed by atoms with Crippen LogP contribution in [0.4, 0.5) is 8.78 Å². The highest BCUT2D eigenvalue weighted by atomic mass is 19.3. The first-order chi connectivity index (χ1) is 5.53. The zero-order valence-corrected chi connectivity index (χ0v) is 7.09. The van der Waals surface area contributed by atoms with E-state index in [9.17, 15) is 8.78 Å². The van der Waals surface area contributed by atoms with E-state index < -0.39 is 5.92 Å². The zero-order valence-electron chi connectivity index (χ0n) is 7.09.